The highest BCUT2D eigenvalue weighted by Gasteiger charge is 2.25. The first kappa shape index (κ1) is 21.9. The standard InChI is InChI=1S/C23H25N3O5/c1-14-21(15(2)26(25-14)18-9-7-6-8-10-18)23(28)31-16(3)22(27)24-17-11-12-19(29-4)20(13-17)30-5/h6-13,16H,1-5H3,(H,24,27)/t16-/m0/s1. The van der Waals surface area contributed by atoms with Crippen molar-refractivity contribution in [1.82, 2.24) is 9.78 Å². The summed E-state index contributed by atoms with van der Waals surface area (Å²) in [6, 6.07) is 14.5. The highest BCUT2D eigenvalue weighted by molar-refractivity contribution is 5.98. The van der Waals surface area contributed by atoms with Crippen molar-refractivity contribution in [3.8, 4) is 17.2 Å². The van der Waals surface area contributed by atoms with E-state index in [0.717, 1.165) is 5.69 Å². The van der Waals surface area contributed by atoms with Crippen LogP contribution in [0, 0.1) is 13.8 Å². The lowest BCUT2D eigenvalue weighted by atomic mass is 10.2. The second kappa shape index (κ2) is 9.34. The molecule has 8 heteroatoms. The van der Waals surface area contributed by atoms with Crippen molar-refractivity contribution in [3.05, 3.63) is 65.5 Å². The Kier molecular flexibility index (Phi) is 6.59. The lowest BCUT2D eigenvalue weighted by molar-refractivity contribution is -0.123. The minimum Gasteiger partial charge on any atom is -0.493 e. The summed E-state index contributed by atoms with van der Waals surface area (Å²) in [4.78, 5) is 25.3. The van der Waals surface area contributed by atoms with Crippen molar-refractivity contribution in [2.45, 2.75) is 26.9 Å². The smallest absolute Gasteiger partial charge is 0.342 e. The molecule has 0 unspecified atom stereocenters. The molecule has 8 nitrogen and oxygen atoms in total. The van der Waals surface area contributed by atoms with Crippen molar-refractivity contribution >= 4 is 17.6 Å². The van der Waals surface area contributed by atoms with Gasteiger partial charge in [-0.05, 0) is 45.0 Å². The molecule has 162 valence electrons. The van der Waals surface area contributed by atoms with Crippen molar-refractivity contribution in [3.63, 3.8) is 0 Å². The van der Waals surface area contributed by atoms with Crippen LogP contribution < -0.4 is 14.8 Å². The van der Waals surface area contributed by atoms with E-state index in [-0.39, 0.29) is 0 Å². The molecule has 0 saturated heterocycles. The number of hydrogen-bond acceptors (Lipinski definition) is 6. The molecule has 1 amide bonds. The summed E-state index contributed by atoms with van der Waals surface area (Å²) < 4.78 is 17.5. The molecule has 0 spiro atoms. The number of esters is 1. The number of para-hydroxylation sites is 1. The van der Waals surface area contributed by atoms with Crippen LogP contribution in [-0.4, -0.2) is 42.0 Å². The quantitative estimate of drug-likeness (QED) is 0.583. The molecule has 1 aromatic heterocycles. The van der Waals surface area contributed by atoms with E-state index in [1.165, 1.54) is 21.1 Å². The van der Waals surface area contributed by atoms with Gasteiger partial charge in [-0.15, -0.1) is 0 Å². The zero-order valence-corrected chi connectivity index (χ0v) is 18.1. The SMILES string of the molecule is COc1ccc(NC(=O)[C@H](C)OC(=O)c2c(C)nn(-c3ccccc3)c2C)cc1OC. The molecule has 0 bridgehead atoms. The Morgan fingerprint density at radius 3 is 2.32 bits per heavy atom. The highest BCUT2D eigenvalue weighted by atomic mass is 16.5. The lowest BCUT2D eigenvalue weighted by Gasteiger charge is -2.15. The van der Waals surface area contributed by atoms with Gasteiger partial charge in [0.15, 0.2) is 17.6 Å². The Bertz CT molecular complexity index is 1090. The van der Waals surface area contributed by atoms with E-state index in [0.29, 0.717) is 34.1 Å². The maximum Gasteiger partial charge on any atom is 0.342 e. The number of ether oxygens (including phenoxy) is 3. The van der Waals surface area contributed by atoms with E-state index in [1.807, 2.05) is 30.3 Å². The number of nitrogens with zero attached hydrogens (tertiary/aromatic N) is 2. The highest BCUT2D eigenvalue weighted by Crippen LogP contribution is 2.29. The van der Waals surface area contributed by atoms with Crippen LogP contribution in [0.5, 0.6) is 11.5 Å². The zero-order chi connectivity index (χ0) is 22.5. The van der Waals surface area contributed by atoms with E-state index in [1.54, 1.807) is 36.7 Å². The van der Waals surface area contributed by atoms with Crippen LogP contribution in [0.1, 0.15) is 28.7 Å². The van der Waals surface area contributed by atoms with Crippen LogP contribution in [0.25, 0.3) is 5.69 Å². The number of hydrogen-bond donors (Lipinski definition) is 1. The monoisotopic (exact) mass is 423 g/mol. The van der Waals surface area contributed by atoms with E-state index in [9.17, 15) is 9.59 Å². The van der Waals surface area contributed by atoms with Crippen molar-refractivity contribution in [2.24, 2.45) is 0 Å². The topological polar surface area (TPSA) is 91.7 Å². The molecule has 0 aliphatic heterocycles. The Balaban J connectivity index is 1.72. The molecule has 0 aliphatic carbocycles. The minimum atomic E-state index is -1.01. The third-order valence-corrected chi connectivity index (χ3v) is 4.80. The molecule has 1 heterocycles. The van der Waals surface area contributed by atoms with Crippen LogP contribution in [0.3, 0.4) is 0 Å². The van der Waals surface area contributed by atoms with Gasteiger partial charge in [0.2, 0.25) is 0 Å². The first-order valence-electron chi connectivity index (χ1n) is 9.71. The van der Waals surface area contributed by atoms with Gasteiger partial charge in [0.05, 0.1) is 31.3 Å². The van der Waals surface area contributed by atoms with Gasteiger partial charge in [-0.25, -0.2) is 9.48 Å². The summed E-state index contributed by atoms with van der Waals surface area (Å²) in [5, 5.41) is 7.16. The predicted octanol–water partition coefficient (Wildman–Crippen LogP) is 3.69. The molecule has 0 saturated carbocycles. The molecule has 1 atom stereocenters. The number of rotatable bonds is 7. The first-order valence-corrected chi connectivity index (χ1v) is 9.71. The number of aryl methyl sites for hydroxylation is 1. The van der Waals surface area contributed by atoms with Gasteiger partial charge in [0.25, 0.3) is 5.91 Å². The van der Waals surface area contributed by atoms with Gasteiger partial charge in [-0.3, -0.25) is 4.79 Å². The van der Waals surface area contributed by atoms with Crippen molar-refractivity contribution in [2.75, 3.05) is 19.5 Å². The number of methoxy groups -OCH3 is 2. The van der Waals surface area contributed by atoms with Gasteiger partial charge in [-0.2, -0.15) is 5.10 Å². The Morgan fingerprint density at radius 1 is 1.00 bits per heavy atom. The number of benzene rings is 2. The molecule has 0 fully saturated rings. The van der Waals surface area contributed by atoms with Gasteiger partial charge in [0, 0.05) is 11.8 Å². The predicted molar refractivity (Wildman–Crippen MR) is 116 cm³/mol. The van der Waals surface area contributed by atoms with E-state index >= 15 is 0 Å². The minimum absolute atomic E-state index is 0.342. The van der Waals surface area contributed by atoms with Crippen molar-refractivity contribution < 1.29 is 23.8 Å². The Morgan fingerprint density at radius 2 is 1.68 bits per heavy atom. The average Bonchev–Trinajstić information content (AvgIpc) is 3.08. The van der Waals surface area contributed by atoms with E-state index in [2.05, 4.69) is 10.4 Å². The van der Waals surface area contributed by atoms with Crippen LogP contribution in [0.15, 0.2) is 48.5 Å². The molecule has 1 N–H and O–H groups in total. The van der Waals surface area contributed by atoms with E-state index in [4.69, 9.17) is 14.2 Å². The van der Waals surface area contributed by atoms with Gasteiger partial charge >= 0.3 is 5.97 Å². The van der Waals surface area contributed by atoms with Crippen molar-refractivity contribution in [1.29, 1.82) is 0 Å². The molecule has 3 aromatic rings. The summed E-state index contributed by atoms with van der Waals surface area (Å²) in [5.74, 6) is -0.0515. The van der Waals surface area contributed by atoms with Crippen LogP contribution in [-0.2, 0) is 9.53 Å². The molecule has 31 heavy (non-hydrogen) atoms. The van der Waals surface area contributed by atoms with Gasteiger partial charge < -0.3 is 19.5 Å². The Labute approximate surface area is 180 Å². The van der Waals surface area contributed by atoms with Crippen LogP contribution >= 0.6 is 0 Å². The summed E-state index contributed by atoms with van der Waals surface area (Å²) in [6.45, 7) is 5.04. The average molecular weight is 423 g/mol. The fraction of sp³-hybridized carbons (Fsp3) is 0.261. The number of amides is 1. The molecule has 2 aromatic carbocycles. The maximum absolute atomic E-state index is 12.8. The third-order valence-electron chi connectivity index (χ3n) is 4.80. The Hall–Kier alpha value is -3.81. The summed E-state index contributed by atoms with van der Waals surface area (Å²) in [6.07, 6.45) is -1.01. The number of carbonyl (C=O) groups is 2. The number of aromatic nitrogens is 2. The number of anilines is 1. The third kappa shape index (κ3) is 4.69. The summed E-state index contributed by atoms with van der Waals surface area (Å²) in [7, 11) is 3.04. The summed E-state index contributed by atoms with van der Waals surface area (Å²) >= 11 is 0. The fourth-order valence-corrected chi connectivity index (χ4v) is 3.19. The van der Waals surface area contributed by atoms with E-state index < -0.39 is 18.0 Å². The maximum atomic E-state index is 12.8. The normalized spacial score (nSPS) is 11.5. The van der Waals surface area contributed by atoms with Gasteiger partial charge in [0.1, 0.15) is 5.56 Å². The number of carbonyl (C=O) groups excluding carboxylic acids is 2. The largest absolute Gasteiger partial charge is 0.493 e. The second-order valence-corrected chi connectivity index (χ2v) is 6.90. The van der Waals surface area contributed by atoms with Crippen LogP contribution in [0.2, 0.25) is 0 Å². The van der Waals surface area contributed by atoms with Gasteiger partial charge in [-0.1, -0.05) is 18.2 Å². The second-order valence-electron chi connectivity index (χ2n) is 6.90. The lowest BCUT2D eigenvalue weighted by Crippen LogP contribution is -2.30. The molecular formula is C23H25N3O5. The molecule has 3 rings (SSSR count). The number of nitrogens with one attached hydrogen (secondary N) is 1. The molecule has 0 aliphatic rings. The van der Waals surface area contributed by atoms with Crippen LogP contribution in [0.4, 0.5) is 5.69 Å². The molecule has 0 radical (unpaired) electrons. The first-order chi connectivity index (χ1) is 14.8. The molecular weight excluding hydrogens is 398 g/mol. The summed E-state index contributed by atoms with van der Waals surface area (Å²) in [5.41, 5.74) is 2.84. The zero-order valence-electron chi connectivity index (χ0n) is 18.1. The fourth-order valence-electron chi connectivity index (χ4n) is 3.19.